The molecule has 0 spiro atoms. The second kappa shape index (κ2) is 7.40. The standard InChI is InChI=1S/C20H14INO2/c21-17-11-12-19(22(24)14-15-7-3-1-4-8-15)18(13-17)20(23)16-9-5-2-6-10-16/h1-14H/b22-14-. The highest BCUT2D eigenvalue weighted by Gasteiger charge is 2.19. The van der Waals surface area contributed by atoms with Gasteiger partial charge in [0.15, 0.2) is 12.0 Å². The Labute approximate surface area is 154 Å². The number of halogens is 1. The normalized spacial score (nSPS) is 11.3. The van der Waals surface area contributed by atoms with Crippen molar-refractivity contribution >= 4 is 40.3 Å². The van der Waals surface area contributed by atoms with Crippen molar-refractivity contribution in [1.82, 2.24) is 0 Å². The Morgan fingerprint density at radius 2 is 1.54 bits per heavy atom. The topological polar surface area (TPSA) is 43.1 Å². The van der Waals surface area contributed by atoms with Crippen LogP contribution < -0.4 is 0 Å². The first-order chi connectivity index (χ1) is 11.6. The summed E-state index contributed by atoms with van der Waals surface area (Å²) in [5, 5.41) is 12.6. The summed E-state index contributed by atoms with van der Waals surface area (Å²) in [6.07, 6.45) is 1.48. The van der Waals surface area contributed by atoms with Crippen molar-refractivity contribution in [1.29, 1.82) is 0 Å². The molecule has 3 aromatic carbocycles. The molecule has 0 N–H and O–H groups in total. The molecular weight excluding hydrogens is 413 g/mol. The van der Waals surface area contributed by atoms with Gasteiger partial charge in [0.2, 0.25) is 5.69 Å². The second-order valence-electron chi connectivity index (χ2n) is 5.22. The van der Waals surface area contributed by atoms with E-state index in [-0.39, 0.29) is 5.78 Å². The van der Waals surface area contributed by atoms with Gasteiger partial charge < -0.3 is 5.21 Å². The lowest BCUT2D eigenvalue weighted by atomic mass is 10.0. The molecule has 4 heteroatoms. The predicted octanol–water partition coefficient (Wildman–Crippen LogP) is 4.78. The molecule has 0 heterocycles. The zero-order chi connectivity index (χ0) is 16.9. The second-order valence-corrected chi connectivity index (χ2v) is 6.47. The fourth-order valence-electron chi connectivity index (χ4n) is 2.37. The van der Waals surface area contributed by atoms with Gasteiger partial charge in [-0.25, -0.2) is 0 Å². The van der Waals surface area contributed by atoms with E-state index in [1.165, 1.54) is 6.21 Å². The average Bonchev–Trinajstić information content (AvgIpc) is 2.62. The number of rotatable bonds is 4. The van der Waals surface area contributed by atoms with Gasteiger partial charge in [0, 0.05) is 20.8 Å². The van der Waals surface area contributed by atoms with Crippen LogP contribution in [0.3, 0.4) is 0 Å². The molecule has 0 amide bonds. The summed E-state index contributed by atoms with van der Waals surface area (Å²) in [6.45, 7) is 0. The first-order valence-electron chi connectivity index (χ1n) is 7.41. The van der Waals surface area contributed by atoms with Crippen LogP contribution in [0, 0.1) is 8.78 Å². The zero-order valence-electron chi connectivity index (χ0n) is 12.7. The van der Waals surface area contributed by atoms with Crippen molar-refractivity contribution in [2.45, 2.75) is 0 Å². The molecule has 0 bridgehead atoms. The lowest BCUT2D eigenvalue weighted by Crippen LogP contribution is -2.08. The maximum Gasteiger partial charge on any atom is 0.227 e. The Morgan fingerprint density at radius 3 is 2.21 bits per heavy atom. The van der Waals surface area contributed by atoms with Crippen molar-refractivity contribution in [3.63, 3.8) is 0 Å². The fourth-order valence-corrected chi connectivity index (χ4v) is 2.86. The molecule has 24 heavy (non-hydrogen) atoms. The van der Waals surface area contributed by atoms with E-state index in [9.17, 15) is 10.0 Å². The highest BCUT2D eigenvalue weighted by atomic mass is 127. The van der Waals surface area contributed by atoms with Crippen LogP contribution in [-0.4, -0.2) is 16.7 Å². The molecule has 0 saturated heterocycles. The summed E-state index contributed by atoms with van der Waals surface area (Å²) in [7, 11) is 0. The van der Waals surface area contributed by atoms with Gasteiger partial charge in [-0.1, -0.05) is 48.5 Å². The minimum atomic E-state index is -0.161. The van der Waals surface area contributed by atoms with Gasteiger partial charge in [-0.15, -0.1) is 0 Å². The Hall–Kier alpha value is -2.47. The van der Waals surface area contributed by atoms with Crippen LogP contribution in [0.1, 0.15) is 21.5 Å². The molecule has 3 rings (SSSR count). The van der Waals surface area contributed by atoms with E-state index in [2.05, 4.69) is 22.6 Å². The molecule has 0 saturated carbocycles. The van der Waals surface area contributed by atoms with Crippen LogP contribution >= 0.6 is 22.6 Å². The van der Waals surface area contributed by atoms with Gasteiger partial charge in [0.1, 0.15) is 0 Å². The molecule has 0 atom stereocenters. The Bertz CT molecular complexity index is 890. The number of benzene rings is 3. The molecule has 3 aromatic rings. The summed E-state index contributed by atoms with van der Waals surface area (Å²) in [4.78, 5) is 12.8. The van der Waals surface area contributed by atoms with Crippen LogP contribution in [0.4, 0.5) is 5.69 Å². The lowest BCUT2D eigenvalue weighted by Gasteiger charge is -2.09. The third kappa shape index (κ3) is 3.71. The Morgan fingerprint density at radius 1 is 0.917 bits per heavy atom. The lowest BCUT2D eigenvalue weighted by molar-refractivity contribution is -0.354. The van der Waals surface area contributed by atoms with Crippen molar-refractivity contribution in [2.75, 3.05) is 0 Å². The van der Waals surface area contributed by atoms with E-state index in [0.29, 0.717) is 16.8 Å². The third-order valence-corrected chi connectivity index (χ3v) is 4.21. The van der Waals surface area contributed by atoms with Crippen molar-refractivity contribution in [3.05, 3.63) is 104 Å². The van der Waals surface area contributed by atoms with Gasteiger partial charge in [0.25, 0.3) is 0 Å². The molecule has 0 aliphatic carbocycles. The van der Waals surface area contributed by atoms with Crippen LogP contribution in [0.5, 0.6) is 0 Å². The Kier molecular flexibility index (Phi) is 5.05. The number of carbonyl (C=O) groups excluding carboxylic acids is 1. The molecule has 0 radical (unpaired) electrons. The van der Waals surface area contributed by atoms with E-state index in [1.54, 1.807) is 24.3 Å². The molecular formula is C20H14INO2. The summed E-state index contributed by atoms with van der Waals surface area (Å²) in [6, 6.07) is 23.5. The molecule has 0 unspecified atom stereocenters. The maximum atomic E-state index is 12.8. The summed E-state index contributed by atoms with van der Waals surface area (Å²) in [5.74, 6) is -0.161. The highest BCUT2D eigenvalue weighted by molar-refractivity contribution is 14.1. The maximum absolute atomic E-state index is 12.8. The molecule has 0 aliphatic heterocycles. The predicted molar refractivity (Wildman–Crippen MR) is 104 cm³/mol. The number of ketones is 1. The van der Waals surface area contributed by atoms with Gasteiger partial charge in [-0.3, -0.25) is 4.79 Å². The monoisotopic (exact) mass is 427 g/mol. The average molecular weight is 427 g/mol. The first kappa shape index (κ1) is 16.4. The quantitative estimate of drug-likeness (QED) is 0.150. The van der Waals surface area contributed by atoms with Gasteiger partial charge in [0.05, 0.1) is 5.56 Å². The largest absolute Gasteiger partial charge is 0.618 e. The molecule has 0 aromatic heterocycles. The molecule has 0 fully saturated rings. The van der Waals surface area contributed by atoms with Crippen LogP contribution in [0.15, 0.2) is 78.9 Å². The minimum Gasteiger partial charge on any atom is -0.618 e. The number of hydrogen-bond donors (Lipinski definition) is 0. The molecule has 3 nitrogen and oxygen atoms in total. The van der Waals surface area contributed by atoms with E-state index in [1.807, 2.05) is 54.6 Å². The molecule has 118 valence electrons. The van der Waals surface area contributed by atoms with Crippen LogP contribution in [0.25, 0.3) is 0 Å². The van der Waals surface area contributed by atoms with E-state index in [0.717, 1.165) is 13.9 Å². The van der Waals surface area contributed by atoms with Gasteiger partial charge >= 0.3 is 0 Å². The molecule has 0 aliphatic rings. The minimum absolute atomic E-state index is 0.161. The number of nitrogens with zero attached hydrogens (tertiary/aromatic N) is 1. The SMILES string of the molecule is O=C(c1ccccc1)c1cc(I)ccc1/[N+]([O-])=C/c1ccccc1. The number of hydrogen-bond acceptors (Lipinski definition) is 2. The summed E-state index contributed by atoms with van der Waals surface area (Å²) in [5.41, 5.74) is 2.08. The van der Waals surface area contributed by atoms with E-state index < -0.39 is 0 Å². The fraction of sp³-hybridized carbons (Fsp3) is 0. The van der Waals surface area contributed by atoms with Gasteiger partial charge in [-0.2, -0.15) is 4.74 Å². The van der Waals surface area contributed by atoms with Crippen molar-refractivity contribution < 1.29 is 9.53 Å². The summed E-state index contributed by atoms with van der Waals surface area (Å²) < 4.78 is 1.66. The van der Waals surface area contributed by atoms with Gasteiger partial charge in [-0.05, 0) is 46.9 Å². The smallest absolute Gasteiger partial charge is 0.227 e. The summed E-state index contributed by atoms with van der Waals surface area (Å²) >= 11 is 2.14. The highest BCUT2D eigenvalue weighted by Crippen LogP contribution is 2.24. The van der Waals surface area contributed by atoms with E-state index >= 15 is 0 Å². The van der Waals surface area contributed by atoms with Crippen molar-refractivity contribution in [3.8, 4) is 0 Å². The van der Waals surface area contributed by atoms with E-state index in [4.69, 9.17) is 0 Å². The van der Waals surface area contributed by atoms with Crippen molar-refractivity contribution in [2.24, 2.45) is 0 Å². The zero-order valence-corrected chi connectivity index (χ0v) is 14.9. The third-order valence-electron chi connectivity index (χ3n) is 3.54. The van der Waals surface area contributed by atoms with Crippen LogP contribution in [0.2, 0.25) is 0 Å². The van der Waals surface area contributed by atoms with Crippen LogP contribution in [-0.2, 0) is 0 Å². The Balaban J connectivity index is 2.06. The number of carbonyl (C=O) groups is 1. The first-order valence-corrected chi connectivity index (χ1v) is 8.48.